The first kappa shape index (κ1) is 18.8. The molecule has 0 spiro atoms. The molecule has 1 saturated heterocycles. The van der Waals surface area contributed by atoms with Gasteiger partial charge in [-0.15, -0.1) is 0 Å². The van der Waals surface area contributed by atoms with Crippen LogP contribution in [0.1, 0.15) is 27.2 Å². The number of fused-ring (bicyclic) bond motifs is 1. The first-order chi connectivity index (χ1) is 12.7. The Morgan fingerprint density at radius 3 is 2.63 bits per heavy atom. The molecule has 1 unspecified atom stereocenters. The number of phenolic OH excluding ortho intramolecular Hbond substituents is 1. The van der Waals surface area contributed by atoms with Crippen molar-refractivity contribution in [3.8, 4) is 11.6 Å². The summed E-state index contributed by atoms with van der Waals surface area (Å²) in [6.45, 7) is 5.23. The molecule has 1 fully saturated rings. The summed E-state index contributed by atoms with van der Waals surface area (Å²) in [5, 5.41) is 20.6. The van der Waals surface area contributed by atoms with E-state index < -0.39 is 29.8 Å². The van der Waals surface area contributed by atoms with Crippen molar-refractivity contribution in [2.75, 3.05) is 6.54 Å². The van der Waals surface area contributed by atoms with Gasteiger partial charge < -0.3 is 19.7 Å². The van der Waals surface area contributed by atoms with Crippen molar-refractivity contribution >= 4 is 22.8 Å². The maximum Gasteiger partial charge on any atom is 0.411 e. The molecule has 144 valence electrons. The number of pyridine rings is 1. The second kappa shape index (κ2) is 6.94. The summed E-state index contributed by atoms with van der Waals surface area (Å²) in [5.74, 6) is -0.732. The van der Waals surface area contributed by atoms with E-state index >= 15 is 0 Å². The molecule has 2 aromatic rings. The molecule has 2 N–H and O–H groups in total. The lowest BCUT2D eigenvalue weighted by molar-refractivity contribution is -0.142. The van der Waals surface area contributed by atoms with Gasteiger partial charge in [-0.3, -0.25) is 4.90 Å². The average Bonchev–Trinajstić information content (AvgIpc) is 2.99. The van der Waals surface area contributed by atoms with Crippen LogP contribution in [-0.4, -0.2) is 56.5 Å². The number of carboxylic acids is 1. The van der Waals surface area contributed by atoms with Gasteiger partial charge in [-0.25, -0.2) is 14.6 Å². The minimum atomic E-state index is -1.12. The van der Waals surface area contributed by atoms with E-state index in [2.05, 4.69) is 4.98 Å². The van der Waals surface area contributed by atoms with Gasteiger partial charge in [0.1, 0.15) is 23.5 Å². The van der Waals surface area contributed by atoms with Crippen LogP contribution in [0.15, 0.2) is 30.5 Å². The number of rotatable bonds is 3. The number of aliphatic carboxylic acids is 1. The Balaban J connectivity index is 1.82. The third-order valence-electron chi connectivity index (χ3n) is 4.20. The first-order valence-corrected chi connectivity index (χ1v) is 8.61. The van der Waals surface area contributed by atoms with E-state index in [0.29, 0.717) is 10.8 Å². The molecule has 8 nitrogen and oxygen atoms in total. The van der Waals surface area contributed by atoms with Gasteiger partial charge >= 0.3 is 12.1 Å². The molecular weight excluding hydrogens is 352 g/mol. The number of hydrogen-bond acceptors (Lipinski definition) is 6. The minimum Gasteiger partial charge on any atom is -0.507 e. The van der Waals surface area contributed by atoms with Crippen LogP contribution in [0.3, 0.4) is 0 Å². The van der Waals surface area contributed by atoms with Gasteiger partial charge in [-0.2, -0.15) is 0 Å². The van der Waals surface area contributed by atoms with E-state index in [1.54, 1.807) is 45.0 Å². The molecule has 27 heavy (non-hydrogen) atoms. The highest BCUT2D eigenvalue weighted by Crippen LogP contribution is 2.32. The predicted molar refractivity (Wildman–Crippen MR) is 96.8 cm³/mol. The van der Waals surface area contributed by atoms with E-state index in [0.717, 1.165) is 0 Å². The van der Waals surface area contributed by atoms with Gasteiger partial charge in [0, 0.05) is 23.4 Å². The number of phenols is 1. The number of aromatic hydroxyl groups is 1. The van der Waals surface area contributed by atoms with Crippen LogP contribution in [0, 0.1) is 0 Å². The van der Waals surface area contributed by atoms with E-state index in [1.165, 1.54) is 11.1 Å². The number of carboxylic acid groups (broad SMARTS) is 1. The van der Waals surface area contributed by atoms with Crippen LogP contribution in [0.4, 0.5) is 4.79 Å². The Kier molecular flexibility index (Phi) is 4.82. The molecule has 0 radical (unpaired) electrons. The van der Waals surface area contributed by atoms with Gasteiger partial charge in [0.05, 0.1) is 6.54 Å². The SMILES string of the molecule is CC(C)(C)OC(=O)N1CC(Oc2nccc3c(O)cccc23)C[C@H]1C(=O)O. The zero-order valence-corrected chi connectivity index (χ0v) is 15.4. The lowest BCUT2D eigenvalue weighted by Crippen LogP contribution is -2.43. The number of amides is 1. The fourth-order valence-electron chi connectivity index (χ4n) is 3.05. The molecule has 0 aliphatic carbocycles. The summed E-state index contributed by atoms with van der Waals surface area (Å²) in [4.78, 5) is 29.3. The van der Waals surface area contributed by atoms with Gasteiger partial charge in [0.25, 0.3) is 0 Å². The van der Waals surface area contributed by atoms with E-state index in [-0.39, 0.29) is 24.6 Å². The number of benzene rings is 1. The van der Waals surface area contributed by atoms with Crippen LogP contribution < -0.4 is 4.74 Å². The minimum absolute atomic E-state index is 0.0722. The van der Waals surface area contributed by atoms with Crippen LogP contribution in [0.2, 0.25) is 0 Å². The Morgan fingerprint density at radius 2 is 1.96 bits per heavy atom. The fourth-order valence-corrected chi connectivity index (χ4v) is 3.05. The van der Waals surface area contributed by atoms with E-state index in [9.17, 15) is 19.8 Å². The molecule has 1 aliphatic heterocycles. The number of aromatic nitrogens is 1. The van der Waals surface area contributed by atoms with Gasteiger partial charge in [-0.05, 0) is 39.0 Å². The van der Waals surface area contributed by atoms with Crippen molar-refractivity contribution in [2.45, 2.75) is 44.9 Å². The first-order valence-electron chi connectivity index (χ1n) is 8.61. The number of nitrogens with zero attached hydrogens (tertiary/aromatic N) is 2. The van der Waals surface area contributed by atoms with E-state index in [4.69, 9.17) is 9.47 Å². The van der Waals surface area contributed by atoms with E-state index in [1.807, 2.05) is 0 Å². The molecule has 1 amide bonds. The topological polar surface area (TPSA) is 109 Å². The monoisotopic (exact) mass is 374 g/mol. The maximum absolute atomic E-state index is 12.4. The lowest BCUT2D eigenvalue weighted by atomic mass is 10.1. The van der Waals surface area contributed by atoms with Crippen molar-refractivity contribution in [1.29, 1.82) is 0 Å². The van der Waals surface area contributed by atoms with Crippen molar-refractivity contribution in [3.63, 3.8) is 0 Å². The molecule has 8 heteroatoms. The fraction of sp³-hybridized carbons (Fsp3) is 0.421. The smallest absolute Gasteiger partial charge is 0.411 e. The summed E-state index contributed by atoms with van der Waals surface area (Å²) in [7, 11) is 0. The highest BCUT2D eigenvalue weighted by molar-refractivity contribution is 5.91. The number of carbonyl (C=O) groups excluding carboxylic acids is 1. The van der Waals surface area contributed by atoms with Crippen molar-refractivity contribution in [2.24, 2.45) is 0 Å². The van der Waals surface area contributed by atoms with Crippen LogP contribution in [0.25, 0.3) is 10.8 Å². The van der Waals surface area contributed by atoms with Crippen molar-refractivity contribution < 1.29 is 29.3 Å². The number of hydrogen-bond donors (Lipinski definition) is 2. The summed E-state index contributed by atoms with van der Waals surface area (Å²) >= 11 is 0. The molecule has 1 aromatic carbocycles. The normalized spacial score (nSPS) is 19.9. The Labute approximate surface area is 156 Å². The second-order valence-electron chi connectivity index (χ2n) is 7.45. The molecular formula is C19H22N2O6. The zero-order chi connectivity index (χ0) is 19.8. The molecule has 1 aliphatic rings. The second-order valence-corrected chi connectivity index (χ2v) is 7.45. The summed E-state index contributed by atoms with van der Waals surface area (Å²) < 4.78 is 11.2. The van der Waals surface area contributed by atoms with Crippen LogP contribution in [-0.2, 0) is 9.53 Å². The van der Waals surface area contributed by atoms with Gasteiger partial charge in [0.15, 0.2) is 0 Å². The van der Waals surface area contributed by atoms with Gasteiger partial charge in [0.2, 0.25) is 5.88 Å². The maximum atomic E-state index is 12.4. The molecule has 1 aromatic heterocycles. The highest BCUT2D eigenvalue weighted by atomic mass is 16.6. The average molecular weight is 374 g/mol. The Hall–Kier alpha value is -3.03. The molecule has 3 rings (SSSR count). The van der Waals surface area contributed by atoms with Crippen molar-refractivity contribution in [1.82, 2.24) is 9.88 Å². The lowest BCUT2D eigenvalue weighted by Gasteiger charge is -2.26. The summed E-state index contributed by atoms with van der Waals surface area (Å²) in [5.41, 5.74) is -0.728. The highest BCUT2D eigenvalue weighted by Gasteiger charge is 2.43. The molecule has 2 atom stereocenters. The molecule has 0 bridgehead atoms. The number of ether oxygens (including phenoxy) is 2. The predicted octanol–water partition coefficient (Wildman–Crippen LogP) is 2.78. The number of carbonyl (C=O) groups is 2. The molecule has 0 saturated carbocycles. The standard InChI is InChI=1S/C19H22N2O6/c1-19(2,3)27-18(25)21-10-11(9-14(21)17(23)24)26-16-13-5-4-6-15(22)12(13)7-8-20-16/h4-8,11,14,22H,9-10H2,1-3H3,(H,23,24)/t11?,14-/m0/s1. The summed E-state index contributed by atoms with van der Waals surface area (Å²) in [6.07, 6.45) is 0.376. The van der Waals surface area contributed by atoms with Crippen LogP contribution >= 0.6 is 0 Å². The number of likely N-dealkylation sites (tertiary alicyclic amines) is 1. The zero-order valence-electron chi connectivity index (χ0n) is 15.4. The largest absolute Gasteiger partial charge is 0.507 e. The quantitative estimate of drug-likeness (QED) is 0.850. The van der Waals surface area contributed by atoms with Crippen LogP contribution in [0.5, 0.6) is 11.6 Å². The molecule has 2 heterocycles. The Morgan fingerprint density at radius 1 is 1.22 bits per heavy atom. The third-order valence-corrected chi connectivity index (χ3v) is 4.20. The van der Waals surface area contributed by atoms with Gasteiger partial charge in [-0.1, -0.05) is 6.07 Å². The summed E-state index contributed by atoms with van der Waals surface area (Å²) in [6, 6.07) is 5.62. The third kappa shape index (κ3) is 4.05. The van der Waals surface area contributed by atoms with Crippen molar-refractivity contribution in [3.05, 3.63) is 30.5 Å². The Bertz CT molecular complexity index is 876.